The van der Waals surface area contributed by atoms with E-state index in [0.717, 1.165) is 27.6 Å². The maximum atomic E-state index is 13.4. The zero-order chi connectivity index (χ0) is 23.8. The molecule has 0 aliphatic carbocycles. The van der Waals surface area contributed by atoms with Gasteiger partial charge in [0.2, 0.25) is 0 Å². The largest absolute Gasteiger partial charge is 0.503 e. The van der Waals surface area contributed by atoms with Gasteiger partial charge in [0, 0.05) is 48.6 Å². The van der Waals surface area contributed by atoms with E-state index in [-0.39, 0.29) is 5.57 Å². The Morgan fingerprint density at radius 3 is 2.56 bits per heavy atom. The third-order valence-electron chi connectivity index (χ3n) is 6.47. The minimum Gasteiger partial charge on any atom is -0.503 e. The van der Waals surface area contributed by atoms with Gasteiger partial charge >= 0.3 is 0 Å². The van der Waals surface area contributed by atoms with Crippen LogP contribution in [0.5, 0.6) is 0 Å². The number of aromatic nitrogens is 2. The van der Waals surface area contributed by atoms with Gasteiger partial charge in [0.1, 0.15) is 0 Å². The molecular formula is C28H25N3O3. The second-order valence-electron chi connectivity index (χ2n) is 8.68. The van der Waals surface area contributed by atoms with Crippen LogP contribution in [0.2, 0.25) is 0 Å². The number of hydrogen-bond acceptors (Lipinski definition) is 4. The monoisotopic (exact) mass is 451 g/mol. The topological polar surface area (TPSA) is 75.4 Å². The maximum absolute atomic E-state index is 13.4. The van der Waals surface area contributed by atoms with E-state index in [2.05, 4.69) is 27.9 Å². The zero-order valence-electron chi connectivity index (χ0n) is 19.1. The van der Waals surface area contributed by atoms with Crippen LogP contribution in [0.3, 0.4) is 0 Å². The van der Waals surface area contributed by atoms with Crippen molar-refractivity contribution in [1.29, 1.82) is 0 Å². The molecule has 170 valence electrons. The Hall–Kier alpha value is -4.19. The SMILES string of the molecule is Cc1ccc(C2C(C(=O)c3cccnc3)=C(O)C(=O)N2CCc2cn(C)c3ccccc23)cc1. The standard InChI is InChI=1S/C28H25N3O3/c1-18-9-11-19(12-10-18)25-24(26(32)20-6-5-14-29-16-20)27(33)28(34)31(25)15-13-21-17-30(2)23-8-4-3-7-22(21)23/h3-12,14,16-17,25,33H,13,15H2,1-2H3. The third-order valence-corrected chi connectivity index (χ3v) is 6.47. The summed E-state index contributed by atoms with van der Waals surface area (Å²) in [5.41, 5.74) is 4.52. The number of carbonyl (C=O) groups excluding carboxylic acids is 2. The van der Waals surface area contributed by atoms with Gasteiger partial charge in [-0.1, -0.05) is 48.0 Å². The summed E-state index contributed by atoms with van der Waals surface area (Å²) < 4.78 is 2.07. The maximum Gasteiger partial charge on any atom is 0.290 e. The molecule has 1 aliphatic heterocycles. The molecule has 1 amide bonds. The number of amides is 1. The van der Waals surface area contributed by atoms with E-state index in [1.165, 1.54) is 6.20 Å². The van der Waals surface area contributed by atoms with Crippen molar-refractivity contribution in [2.75, 3.05) is 6.54 Å². The smallest absolute Gasteiger partial charge is 0.290 e. The molecule has 2 aromatic carbocycles. The molecule has 0 spiro atoms. The molecular weight excluding hydrogens is 426 g/mol. The first-order chi connectivity index (χ1) is 16.5. The molecule has 0 saturated carbocycles. The first kappa shape index (κ1) is 21.6. The fraction of sp³-hybridized carbons (Fsp3) is 0.179. The molecule has 0 bridgehead atoms. The number of carbonyl (C=O) groups is 2. The van der Waals surface area contributed by atoms with Crippen LogP contribution in [0.4, 0.5) is 0 Å². The molecule has 4 aromatic rings. The molecule has 1 atom stereocenters. The number of Topliss-reactive ketones (excluding diaryl/α,β-unsaturated/α-hetero) is 1. The van der Waals surface area contributed by atoms with Crippen molar-refractivity contribution in [3.63, 3.8) is 0 Å². The Bertz CT molecular complexity index is 1420. The third kappa shape index (κ3) is 3.67. The van der Waals surface area contributed by atoms with Crippen LogP contribution in [0.15, 0.2) is 90.6 Å². The van der Waals surface area contributed by atoms with Crippen molar-refractivity contribution in [2.45, 2.75) is 19.4 Å². The van der Waals surface area contributed by atoms with Crippen molar-refractivity contribution in [1.82, 2.24) is 14.5 Å². The number of pyridine rings is 1. The normalized spacial score (nSPS) is 16.0. The number of rotatable bonds is 6. The Morgan fingerprint density at radius 1 is 1.06 bits per heavy atom. The predicted octanol–water partition coefficient (Wildman–Crippen LogP) is 4.70. The fourth-order valence-corrected chi connectivity index (χ4v) is 4.73. The second kappa shape index (κ2) is 8.63. The molecule has 1 aliphatic rings. The summed E-state index contributed by atoms with van der Waals surface area (Å²) in [6.45, 7) is 2.34. The van der Waals surface area contributed by atoms with E-state index in [1.54, 1.807) is 23.2 Å². The number of nitrogens with zero attached hydrogens (tertiary/aromatic N) is 3. The van der Waals surface area contributed by atoms with Crippen LogP contribution in [0, 0.1) is 6.92 Å². The minimum atomic E-state index is -0.671. The van der Waals surface area contributed by atoms with Gasteiger partial charge in [-0.05, 0) is 42.7 Å². The van der Waals surface area contributed by atoms with E-state index in [9.17, 15) is 14.7 Å². The predicted molar refractivity (Wildman–Crippen MR) is 130 cm³/mol. The molecule has 1 unspecified atom stereocenters. The zero-order valence-corrected chi connectivity index (χ0v) is 19.1. The van der Waals surface area contributed by atoms with Gasteiger partial charge in [-0.2, -0.15) is 0 Å². The molecule has 34 heavy (non-hydrogen) atoms. The summed E-state index contributed by atoms with van der Waals surface area (Å²) in [6, 6.07) is 18.5. The Labute approximate surface area is 197 Å². The number of benzene rings is 2. The summed E-state index contributed by atoms with van der Waals surface area (Å²) in [7, 11) is 2.00. The first-order valence-corrected chi connectivity index (χ1v) is 11.2. The summed E-state index contributed by atoms with van der Waals surface area (Å²) in [4.78, 5) is 32.3. The number of hydrogen-bond donors (Lipinski definition) is 1. The van der Waals surface area contributed by atoms with Gasteiger partial charge in [0.05, 0.1) is 11.6 Å². The summed E-state index contributed by atoms with van der Waals surface area (Å²) >= 11 is 0. The molecule has 6 nitrogen and oxygen atoms in total. The summed E-state index contributed by atoms with van der Waals surface area (Å²) in [5.74, 6) is -1.41. The van der Waals surface area contributed by atoms with Crippen LogP contribution >= 0.6 is 0 Å². The van der Waals surface area contributed by atoms with E-state index in [4.69, 9.17) is 0 Å². The number of ketones is 1. The van der Waals surface area contributed by atoms with E-state index >= 15 is 0 Å². The fourth-order valence-electron chi connectivity index (χ4n) is 4.73. The Balaban J connectivity index is 1.52. The number of fused-ring (bicyclic) bond motifs is 1. The van der Waals surface area contributed by atoms with E-state index in [1.807, 2.05) is 50.4 Å². The number of aliphatic hydroxyl groups excluding tert-OH is 1. The quantitative estimate of drug-likeness (QED) is 0.431. The molecule has 3 heterocycles. The molecule has 1 N–H and O–H groups in total. The number of para-hydroxylation sites is 1. The van der Waals surface area contributed by atoms with Gasteiger partial charge < -0.3 is 14.6 Å². The minimum absolute atomic E-state index is 0.0970. The van der Waals surface area contributed by atoms with Crippen LogP contribution in [0.1, 0.15) is 33.1 Å². The Kier molecular flexibility index (Phi) is 5.49. The molecule has 0 saturated heterocycles. The van der Waals surface area contributed by atoms with Crippen LogP contribution in [-0.4, -0.2) is 37.8 Å². The van der Waals surface area contributed by atoms with Crippen molar-refractivity contribution < 1.29 is 14.7 Å². The lowest BCUT2D eigenvalue weighted by atomic mass is 9.93. The van der Waals surface area contributed by atoms with Gasteiger partial charge in [0.15, 0.2) is 11.5 Å². The van der Waals surface area contributed by atoms with Crippen molar-refractivity contribution >= 4 is 22.6 Å². The lowest BCUT2D eigenvalue weighted by Crippen LogP contribution is -2.33. The highest BCUT2D eigenvalue weighted by atomic mass is 16.3. The highest BCUT2D eigenvalue weighted by Gasteiger charge is 2.43. The highest BCUT2D eigenvalue weighted by Crippen LogP contribution is 2.39. The van der Waals surface area contributed by atoms with Gasteiger partial charge in [-0.3, -0.25) is 14.6 Å². The molecule has 6 heteroatoms. The lowest BCUT2D eigenvalue weighted by molar-refractivity contribution is -0.129. The van der Waals surface area contributed by atoms with Crippen LogP contribution in [-0.2, 0) is 18.3 Å². The van der Waals surface area contributed by atoms with Gasteiger partial charge in [-0.25, -0.2) is 0 Å². The average molecular weight is 452 g/mol. The number of aryl methyl sites for hydroxylation is 2. The lowest BCUT2D eigenvalue weighted by Gasteiger charge is -2.27. The summed E-state index contributed by atoms with van der Waals surface area (Å²) in [5, 5.41) is 12.0. The van der Waals surface area contributed by atoms with Gasteiger partial charge in [0.25, 0.3) is 5.91 Å². The van der Waals surface area contributed by atoms with Crippen molar-refractivity contribution in [2.24, 2.45) is 7.05 Å². The molecule has 0 radical (unpaired) electrons. The van der Waals surface area contributed by atoms with Crippen LogP contribution in [0.25, 0.3) is 10.9 Å². The highest BCUT2D eigenvalue weighted by molar-refractivity contribution is 6.16. The summed E-state index contributed by atoms with van der Waals surface area (Å²) in [6.07, 6.45) is 5.70. The van der Waals surface area contributed by atoms with Crippen molar-refractivity contribution in [3.05, 3.63) is 113 Å². The van der Waals surface area contributed by atoms with E-state index < -0.39 is 23.5 Å². The van der Waals surface area contributed by atoms with E-state index in [0.29, 0.717) is 18.5 Å². The molecule has 0 fully saturated rings. The van der Waals surface area contributed by atoms with Gasteiger partial charge in [-0.15, -0.1) is 0 Å². The second-order valence-corrected chi connectivity index (χ2v) is 8.68. The number of aliphatic hydroxyl groups is 1. The molecule has 5 rings (SSSR count). The van der Waals surface area contributed by atoms with Crippen LogP contribution < -0.4 is 0 Å². The Morgan fingerprint density at radius 2 is 1.82 bits per heavy atom. The first-order valence-electron chi connectivity index (χ1n) is 11.2. The average Bonchev–Trinajstić information content (AvgIpc) is 3.31. The van der Waals surface area contributed by atoms with Crippen molar-refractivity contribution in [3.8, 4) is 0 Å². The molecule has 2 aromatic heterocycles.